The van der Waals surface area contributed by atoms with E-state index in [0.717, 1.165) is 32.1 Å². The summed E-state index contributed by atoms with van der Waals surface area (Å²) >= 11 is 18.4. The number of nitrogens with one attached hydrogen (secondary N) is 1. The van der Waals surface area contributed by atoms with Gasteiger partial charge in [-0.3, -0.25) is 4.79 Å². The van der Waals surface area contributed by atoms with Gasteiger partial charge in [0.15, 0.2) is 0 Å². The van der Waals surface area contributed by atoms with Gasteiger partial charge in [0.2, 0.25) is 15.9 Å². The van der Waals surface area contributed by atoms with Crippen LogP contribution in [0.2, 0.25) is 15.1 Å². The summed E-state index contributed by atoms with van der Waals surface area (Å²) in [7, 11) is -3.95. The maximum absolute atomic E-state index is 13.4. The van der Waals surface area contributed by atoms with Crippen LogP contribution in [0.1, 0.15) is 69.8 Å². The molecule has 11 heteroatoms. The minimum Gasteiger partial charge on any atom is -0.367 e. The summed E-state index contributed by atoms with van der Waals surface area (Å²) in [6.45, 7) is 2.78. The van der Waals surface area contributed by atoms with Gasteiger partial charge in [-0.15, -0.1) is 0 Å². The Bertz CT molecular complexity index is 1330. The molecule has 2 heterocycles. The number of amides is 1. The van der Waals surface area contributed by atoms with Crippen molar-refractivity contribution >= 4 is 50.7 Å². The Morgan fingerprint density at radius 2 is 1.59 bits per heavy atom. The maximum Gasteiger partial charge on any atom is 0.246 e. The molecule has 1 saturated carbocycles. The molecule has 5 rings (SSSR count). The Labute approximate surface area is 277 Å². The number of carbonyl (C=O) groups excluding carboxylic acids is 1. The normalized spacial score (nSPS) is 24.6. The fourth-order valence-corrected chi connectivity index (χ4v) is 10.2. The minimum absolute atomic E-state index is 0.0157. The van der Waals surface area contributed by atoms with Gasteiger partial charge in [-0.05, 0) is 101 Å². The highest BCUT2D eigenvalue weighted by Gasteiger charge is 2.35. The summed E-state index contributed by atoms with van der Waals surface area (Å²) in [6.07, 6.45) is 11.3. The van der Waals surface area contributed by atoms with Crippen LogP contribution >= 0.6 is 34.8 Å². The van der Waals surface area contributed by atoms with E-state index in [4.69, 9.17) is 39.5 Å². The molecule has 2 aromatic carbocycles. The summed E-state index contributed by atoms with van der Waals surface area (Å²) in [6, 6.07) is 14.3. The van der Waals surface area contributed by atoms with Crippen LogP contribution in [0.4, 0.5) is 0 Å². The molecule has 7 nitrogen and oxygen atoms in total. The molecule has 0 bridgehead atoms. The van der Waals surface area contributed by atoms with Crippen LogP contribution in [0.15, 0.2) is 47.4 Å². The van der Waals surface area contributed by atoms with E-state index < -0.39 is 10.0 Å². The van der Waals surface area contributed by atoms with E-state index >= 15 is 0 Å². The lowest BCUT2D eigenvalue weighted by Gasteiger charge is -2.42. The van der Waals surface area contributed by atoms with Gasteiger partial charge in [0.05, 0.1) is 16.1 Å². The second-order valence-electron chi connectivity index (χ2n) is 12.5. The molecule has 1 aliphatic carbocycles. The number of hydrogen-bond donors (Lipinski definition) is 1. The topological polar surface area (TPSA) is 78.9 Å². The first-order valence-electron chi connectivity index (χ1n) is 16.0. The zero-order valence-corrected chi connectivity index (χ0v) is 28.3. The van der Waals surface area contributed by atoms with Crippen molar-refractivity contribution < 1.29 is 17.9 Å². The number of piperidine rings is 2. The average molecular weight is 685 g/mol. The first kappa shape index (κ1) is 34.0. The molecule has 3 aliphatic rings. The molecule has 0 spiro atoms. The predicted molar refractivity (Wildman–Crippen MR) is 177 cm³/mol. The number of sulfonamides is 1. The van der Waals surface area contributed by atoms with Crippen LogP contribution in [-0.2, 0) is 26.0 Å². The first-order chi connectivity index (χ1) is 21.2. The quantitative estimate of drug-likeness (QED) is 0.277. The molecule has 242 valence electrons. The minimum atomic E-state index is -3.95. The Morgan fingerprint density at radius 3 is 2.27 bits per heavy atom. The number of halogens is 3. The molecule has 2 saturated heterocycles. The third kappa shape index (κ3) is 8.90. The zero-order valence-electron chi connectivity index (χ0n) is 25.2. The summed E-state index contributed by atoms with van der Waals surface area (Å²) in [5.74, 6) is 0.507. The molecule has 1 N–H and O–H groups in total. The molecule has 2 aromatic rings. The maximum atomic E-state index is 13.4. The van der Waals surface area contributed by atoms with Gasteiger partial charge in [0, 0.05) is 30.2 Å². The summed E-state index contributed by atoms with van der Waals surface area (Å²) in [4.78, 5) is 15.5. The third-order valence-electron chi connectivity index (χ3n) is 9.46. The second-order valence-corrected chi connectivity index (χ2v) is 15.6. The van der Waals surface area contributed by atoms with E-state index in [2.05, 4.69) is 40.5 Å². The van der Waals surface area contributed by atoms with Gasteiger partial charge in [0.1, 0.15) is 11.5 Å². The number of aryl methyl sites for hydroxylation is 1. The molecule has 44 heavy (non-hydrogen) atoms. The molecule has 2 unspecified atom stereocenters. The van der Waals surface area contributed by atoms with E-state index in [1.807, 2.05) is 0 Å². The van der Waals surface area contributed by atoms with Crippen molar-refractivity contribution in [2.75, 3.05) is 32.8 Å². The molecular weight excluding hydrogens is 641 g/mol. The van der Waals surface area contributed by atoms with Crippen molar-refractivity contribution in [3.63, 3.8) is 0 Å². The monoisotopic (exact) mass is 683 g/mol. The van der Waals surface area contributed by atoms with Gasteiger partial charge in [-0.2, -0.15) is 4.31 Å². The molecule has 2 aliphatic heterocycles. The smallest absolute Gasteiger partial charge is 0.246 e. The number of likely N-dealkylation sites (tertiary alicyclic amines) is 1. The molecule has 3 fully saturated rings. The van der Waals surface area contributed by atoms with Crippen LogP contribution in [-0.4, -0.2) is 74.5 Å². The van der Waals surface area contributed by atoms with E-state index in [1.54, 1.807) is 0 Å². The van der Waals surface area contributed by atoms with Crippen molar-refractivity contribution in [1.82, 2.24) is 14.5 Å². The van der Waals surface area contributed by atoms with Crippen molar-refractivity contribution in [1.29, 1.82) is 0 Å². The highest BCUT2D eigenvalue weighted by Crippen LogP contribution is 2.36. The molecular formula is C33H44Cl3N3O4S. The fourth-order valence-electron chi connectivity index (χ4n) is 7.20. The lowest BCUT2D eigenvalue weighted by Crippen LogP contribution is -2.47. The van der Waals surface area contributed by atoms with Crippen molar-refractivity contribution in [2.45, 2.75) is 93.7 Å². The van der Waals surface area contributed by atoms with Crippen LogP contribution in [0.3, 0.4) is 0 Å². The van der Waals surface area contributed by atoms with E-state index in [9.17, 15) is 13.2 Å². The summed E-state index contributed by atoms with van der Waals surface area (Å²) in [5.41, 5.74) is 1.41. The number of rotatable bonds is 11. The van der Waals surface area contributed by atoms with Gasteiger partial charge < -0.3 is 15.0 Å². The van der Waals surface area contributed by atoms with Crippen molar-refractivity contribution in [2.24, 2.45) is 5.92 Å². The van der Waals surface area contributed by atoms with Crippen LogP contribution in [0, 0.1) is 5.92 Å². The molecule has 0 aromatic heterocycles. The highest BCUT2D eigenvalue weighted by atomic mass is 35.5. The van der Waals surface area contributed by atoms with Gasteiger partial charge in [-0.1, -0.05) is 71.6 Å². The average Bonchev–Trinajstić information content (AvgIpc) is 3.01. The lowest BCUT2D eigenvalue weighted by atomic mass is 9.78. The summed E-state index contributed by atoms with van der Waals surface area (Å²) < 4.78 is 34.0. The van der Waals surface area contributed by atoms with Gasteiger partial charge in [-0.25, -0.2) is 8.42 Å². The number of ether oxygens (including phenoxy) is 1. The summed E-state index contributed by atoms with van der Waals surface area (Å²) in [5, 5.41) is 3.42. The standard InChI is InChI=1S/C33H44Cl3N3O4S/c34-26-20-29(35)33(30(36)21-26)44(41,42)39-19-7-10-28(22-39)43-23-32(40)37-27-14-12-25(13-15-27)31(38-17-5-2-6-18-38)16-11-24-8-3-1-4-9-24/h1,3-4,8-9,20-21,25,27-28,31H,2,5-7,10-19,22-23H2,(H,37,40). The largest absolute Gasteiger partial charge is 0.367 e. The number of carbonyl (C=O) groups is 1. The van der Waals surface area contributed by atoms with Crippen LogP contribution < -0.4 is 5.32 Å². The molecule has 2 atom stereocenters. The predicted octanol–water partition coefficient (Wildman–Crippen LogP) is 6.98. The number of nitrogens with zero attached hydrogens (tertiary/aromatic N) is 2. The van der Waals surface area contributed by atoms with Gasteiger partial charge >= 0.3 is 0 Å². The highest BCUT2D eigenvalue weighted by molar-refractivity contribution is 7.89. The SMILES string of the molecule is O=C(COC1CCCN(S(=O)(=O)c2c(Cl)cc(Cl)cc2Cl)C1)NC1CCC(C(CCc2ccccc2)N2CCCCC2)CC1. The van der Waals surface area contributed by atoms with Crippen LogP contribution in [0.25, 0.3) is 0 Å². The Balaban J connectivity index is 1.09. The number of benzene rings is 2. The Kier molecular flexibility index (Phi) is 12.3. The van der Waals surface area contributed by atoms with E-state index in [1.165, 1.54) is 60.8 Å². The van der Waals surface area contributed by atoms with Gasteiger partial charge in [0.25, 0.3) is 0 Å². The third-order valence-corrected chi connectivity index (χ3v) is 12.5. The Morgan fingerprint density at radius 1 is 0.909 bits per heavy atom. The second kappa shape index (κ2) is 15.9. The lowest BCUT2D eigenvalue weighted by molar-refractivity contribution is -0.129. The molecule has 1 amide bonds. The Hall–Kier alpha value is -1.39. The van der Waals surface area contributed by atoms with Crippen molar-refractivity contribution in [3.05, 3.63) is 63.1 Å². The van der Waals surface area contributed by atoms with Crippen LogP contribution in [0.5, 0.6) is 0 Å². The zero-order chi connectivity index (χ0) is 31.1. The molecule has 0 radical (unpaired) electrons. The fraction of sp³-hybridized carbons (Fsp3) is 0.606. The van der Waals surface area contributed by atoms with E-state index in [-0.39, 0.29) is 51.2 Å². The number of hydrogen-bond acceptors (Lipinski definition) is 5. The van der Waals surface area contributed by atoms with Crippen molar-refractivity contribution in [3.8, 4) is 0 Å². The first-order valence-corrected chi connectivity index (χ1v) is 18.6. The van der Waals surface area contributed by atoms with E-state index in [0.29, 0.717) is 31.3 Å².